The van der Waals surface area contributed by atoms with Crippen LogP contribution in [0.15, 0.2) is 36.7 Å². The van der Waals surface area contributed by atoms with Crippen LogP contribution in [0.3, 0.4) is 0 Å². The summed E-state index contributed by atoms with van der Waals surface area (Å²) in [5.74, 6) is -1.05. The molecular formula is C24H30ClF2N6O7P. The lowest BCUT2D eigenvalue weighted by atomic mass is 9.99. The molecule has 0 bridgehead atoms. The molecule has 0 radical (unpaired) electrons. The van der Waals surface area contributed by atoms with Crippen molar-refractivity contribution >= 4 is 42.3 Å². The molecule has 4 rings (SSSR count). The fourth-order valence-electron chi connectivity index (χ4n) is 4.08. The third kappa shape index (κ3) is 6.60. The number of aliphatic hydroxyl groups excluding tert-OH is 1. The number of ether oxygens (including phenoxy) is 2. The van der Waals surface area contributed by atoms with Crippen LogP contribution < -0.4 is 14.9 Å². The molecule has 6 atom stereocenters. The highest BCUT2D eigenvalue weighted by atomic mass is 35.5. The van der Waals surface area contributed by atoms with Gasteiger partial charge in [0.25, 0.3) is 0 Å². The van der Waals surface area contributed by atoms with Gasteiger partial charge in [0.2, 0.25) is 0 Å². The highest BCUT2D eigenvalue weighted by Crippen LogP contribution is 2.49. The molecule has 2 aromatic heterocycles. The van der Waals surface area contributed by atoms with Crippen molar-refractivity contribution in [3.8, 4) is 5.75 Å². The first-order valence-electron chi connectivity index (χ1n) is 12.5. The number of halogens is 3. The van der Waals surface area contributed by atoms with Gasteiger partial charge >= 0.3 is 19.8 Å². The van der Waals surface area contributed by atoms with Crippen molar-refractivity contribution in [2.75, 3.05) is 24.9 Å². The summed E-state index contributed by atoms with van der Waals surface area (Å²) in [6.07, 6.45) is -5.97. The second-order valence-electron chi connectivity index (χ2n) is 9.52. The number of hydrogen-bond donors (Lipinski definition) is 3. The number of anilines is 1. The van der Waals surface area contributed by atoms with E-state index in [1.165, 1.54) is 26.1 Å². The zero-order valence-corrected chi connectivity index (χ0v) is 24.2. The van der Waals surface area contributed by atoms with E-state index in [-0.39, 0.29) is 22.7 Å². The molecule has 41 heavy (non-hydrogen) atoms. The third-order valence-corrected chi connectivity index (χ3v) is 8.18. The number of carbonyl (C=O) groups excluding carboxylic acids is 1. The number of nitrogens with one attached hydrogen (secondary N) is 2. The minimum Gasteiger partial charge on any atom is -0.462 e. The molecule has 1 aliphatic rings. The Kier molecular flexibility index (Phi) is 9.46. The molecular weight excluding hydrogens is 589 g/mol. The van der Waals surface area contributed by atoms with Gasteiger partial charge < -0.3 is 24.4 Å². The van der Waals surface area contributed by atoms with Crippen molar-refractivity contribution < 1.29 is 41.8 Å². The zero-order valence-electron chi connectivity index (χ0n) is 22.5. The number of benzene rings is 1. The summed E-state index contributed by atoms with van der Waals surface area (Å²) in [7, 11) is -2.91. The average molecular weight is 619 g/mol. The van der Waals surface area contributed by atoms with E-state index in [4.69, 9.17) is 30.1 Å². The summed E-state index contributed by atoms with van der Waals surface area (Å²) in [6.45, 7) is 3.95. The lowest BCUT2D eigenvalue weighted by Crippen LogP contribution is -2.48. The van der Waals surface area contributed by atoms with Gasteiger partial charge in [-0.05, 0) is 32.9 Å². The number of rotatable bonds is 12. The van der Waals surface area contributed by atoms with Gasteiger partial charge in [-0.15, -0.1) is 11.6 Å². The molecule has 1 aliphatic heterocycles. The molecule has 0 spiro atoms. The fourth-order valence-corrected chi connectivity index (χ4v) is 5.92. The minimum atomic E-state index is -4.41. The second-order valence-corrected chi connectivity index (χ2v) is 11.5. The predicted octanol–water partition coefficient (Wildman–Crippen LogP) is 3.35. The van der Waals surface area contributed by atoms with E-state index in [1.807, 2.05) is 0 Å². The van der Waals surface area contributed by atoms with Crippen LogP contribution in [-0.4, -0.2) is 80.2 Å². The molecule has 0 unspecified atom stereocenters. The van der Waals surface area contributed by atoms with Crippen molar-refractivity contribution in [2.24, 2.45) is 0 Å². The van der Waals surface area contributed by atoms with Gasteiger partial charge in [0, 0.05) is 7.05 Å². The lowest BCUT2D eigenvalue weighted by Gasteiger charge is -2.31. The van der Waals surface area contributed by atoms with Crippen LogP contribution in [0.4, 0.5) is 14.6 Å². The first-order chi connectivity index (χ1) is 19.4. The summed E-state index contributed by atoms with van der Waals surface area (Å²) in [6, 6.07) is 6.82. The number of aromatic nitrogens is 4. The van der Waals surface area contributed by atoms with Gasteiger partial charge in [0.05, 0.1) is 24.9 Å². The number of imidazole rings is 1. The maximum absolute atomic E-state index is 15.6. The highest BCUT2D eigenvalue weighted by Gasteiger charge is 2.57. The van der Waals surface area contributed by atoms with E-state index >= 15 is 4.39 Å². The lowest BCUT2D eigenvalue weighted by molar-refractivity contribution is -0.149. The van der Waals surface area contributed by atoms with Gasteiger partial charge in [0.15, 0.2) is 29.4 Å². The summed E-state index contributed by atoms with van der Waals surface area (Å²) in [4.78, 5) is 23.8. The largest absolute Gasteiger partial charge is 0.462 e. The molecule has 0 saturated carbocycles. The van der Waals surface area contributed by atoms with Crippen molar-refractivity contribution in [3.05, 3.63) is 42.7 Å². The molecule has 17 heteroatoms. The molecule has 3 aromatic rings. The monoisotopic (exact) mass is 618 g/mol. The summed E-state index contributed by atoms with van der Waals surface area (Å²) < 4.78 is 66.8. The quantitative estimate of drug-likeness (QED) is 0.118. The standard InChI is InChI=1S/C24H30ClF2N6O7P/c1-13(2)38-22(35)14(3)32-41(36,40-15-8-6-5-7-9-15)37-11-24(10-25)18(34)16(26)21(39-24)33-12-29-17-19(28-4)30-23(27)31-20(17)33/h5-9,12-14,16,18,21,34H,10-11H2,1-4H3,(H,32,36)(H,28,30,31)/t14-,16+,18-,21+,24+,41-/m0/s1. The third-order valence-electron chi connectivity index (χ3n) is 6.10. The van der Waals surface area contributed by atoms with Crippen LogP contribution in [0.5, 0.6) is 5.75 Å². The average Bonchev–Trinajstić information content (AvgIpc) is 3.46. The topological polar surface area (TPSA) is 159 Å². The summed E-state index contributed by atoms with van der Waals surface area (Å²) >= 11 is 6.17. The van der Waals surface area contributed by atoms with Crippen LogP contribution in [0, 0.1) is 6.08 Å². The number of nitrogens with zero attached hydrogens (tertiary/aromatic N) is 4. The van der Waals surface area contributed by atoms with Crippen LogP contribution in [0.25, 0.3) is 11.2 Å². The van der Waals surface area contributed by atoms with E-state index in [0.717, 1.165) is 10.9 Å². The van der Waals surface area contributed by atoms with Gasteiger partial charge in [-0.3, -0.25) is 13.9 Å². The predicted molar refractivity (Wildman–Crippen MR) is 144 cm³/mol. The van der Waals surface area contributed by atoms with Crippen LogP contribution in [0.2, 0.25) is 0 Å². The number of fused-ring (bicyclic) bond motifs is 1. The van der Waals surface area contributed by atoms with E-state index < -0.39 is 68.5 Å². The van der Waals surface area contributed by atoms with Crippen LogP contribution in [-0.2, 0) is 23.4 Å². The van der Waals surface area contributed by atoms with E-state index in [2.05, 4.69) is 25.4 Å². The van der Waals surface area contributed by atoms with Crippen LogP contribution >= 0.6 is 19.3 Å². The Bertz CT molecular complexity index is 1420. The summed E-state index contributed by atoms with van der Waals surface area (Å²) in [5, 5.41) is 16.1. The molecule has 13 nitrogen and oxygen atoms in total. The summed E-state index contributed by atoms with van der Waals surface area (Å²) in [5.41, 5.74) is -1.94. The minimum absolute atomic E-state index is 0.0577. The molecule has 0 aliphatic carbocycles. The van der Waals surface area contributed by atoms with Crippen molar-refractivity contribution in [1.29, 1.82) is 0 Å². The van der Waals surface area contributed by atoms with E-state index in [1.54, 1.807) is 32.0 Å². The van der Waals surface area contributed by atoms with Gasteiger partial charge in [-0.25, -0.2) is 13.9 Å². The van der Waals surface area contributed by atoms with E-state index in [0.29, 0.717) is 0 Å². The van der Waals surface area contributed by atoms with Gasteiger partial charge in [-0.1, -0.05) is 18.2 Å². The Morgan fingerprint density at radius 2 is 2.00 bits per heavy atom. The Morgan fingerprint density at radius 3 is 2.63 bits per heavy atom. The SMILES string of the molecule is CNc1nc(F)nc2c1ncn2[C@@H]1O[C@](CCl)(CO[P@@](=O)(N[C@@H](C)C(=O)OC(C)C)Oc2ccccc2)[C@@H](O)[C@H]1F. The molecule has 224 valence electrons. The number of esters is 1. The first kappa shape index (κ1) is 31.0. The van der Waals surface area contributed by atoms with Crippen molar-refractivity contribution in [3.63, 3.8) is 0 Å². The van der Waals surface area contributed by atoms with Crippen molar-refractivity contribution in [2.45, 2.75) is 57.0 Å². The maximum Gasteiger partial charge on any atom is 0.459 e. The fraction of sp³-hybridized carbons (Fsp3) is 0.500. The smallest absolute Gasteiger partial charge is 0.459 e. The van der Waals surface area contributed by atoms with Gasteiger partial charge in [0.1, 0.15) is 23.5 Å². The molecule has 1 aromatic carbocycles. The number of alkyl halides is 2. The first-order valence-corrected chi connectivity index (χ1v) is 14.6. The zero-order chi connectivity index (χ0) is 29.9. The highest BCUT2D eigenvalue weighted by molar-refractivity contribution is 7.52. The van der Waals surface area contributed by atoms with E-state index in [9.17, 15) is 18.9 Å². The van der Waals surface area contributed by atoms with Crippen molar-refractivity contribution in [1.82, 2.24) is 24.6 Å². The molecule has 3 heterocycles. The normalized spacial score (nSPS) is 24.8. The van der Waals surface area contributed by atoms with Crippen LogP contribution in [0.1, 0.15) is 27.0 Å². The molecule has 0 amide bonds. The Balaban J connectivity index is 1.61. The Labute approximate surface area is 239 Å². The molecule has 1 saturated heterocycles. The Hall–Kier alpha value is -2.94. The number of para-hydroxylation sites is 1. The molecule has 1 fully saturated rings. The Morgan fingerprint density at radius 1 is 1.29 bits per heavy atom. The number of aliphatic hydroxyl groups is 1. The maximum atomic E-state index is 15.6. The van der Waals surface area contributed by atoms with Gasteiger partial charge in [-0.2, -0.15) is 19.4 Å². The molecule has 3 N–H and O–H groups in total. The second kappa shape index (κ2) is 12.5. The number of hydrogen-bond acceptors (Lipinski definition) is 11. The number of carbonyl (C=O) groups is 1.